The number of amides is 4. The summed E-state index contributed by atoms with van der Waals surface area (Å²) in [5.41, 5.74) is 6.45. The number of hydrogen-bond acceptors (Lipinski definition) is 12. The fourth-order valence-corrected chi connectivity index (χ4v) is 9.57. The zero-order chi connectivity index (χ0) is 44.3. The van der Waals surface area contributed by atoms with Crippen LogP contribution in [0.3, 0.4) is 0 Å². The Morgan fingerprint density at radius 2 is 1.73 bits per heavy atom. The number of aromatic nitrogens is 5. The molecule has 3 aromatic heterocycles. The van der Waals surface area contributed by atoms with Crippen molar-refractivity contribution in [3.63, 3.8) is 0 Å². The van der Waals surface area contributed by atoms with Crippen LogP contribution < -0.4 is 30.1 Å². The number of methoxy groups -OCH3 is 1. The van der Waals surface area contributed by atoms with Gasteiger partial charge in [0, 0.05) is 86.5 Å². The number of fused-ring (bicyclic) bond motifs is 3. The number of piperazine rings is 1. The molecule has 17 heteroatoms. The minimum absolute atomic E-state index is 0.105. The number of imide groups is 1. The predicted molar refractivity (Wildman–Crippen MR) is 240 cm³/mol. The summed E-state index contributed by atoms with van der Waals surface area (Å²) in [4.78, 5) is 62.8. The second-order valence-corrected chi connectivity index (χ2v) is 18.0. The number of carbonyl (C=O) groups excluding carboxylic acids is 3. The first-order chi connectivity index (χ1) is 30.9. The Morgan fingerprint density at radius 3 is 2.45 bits per heavy atom. The number of urea groups is 1. The molecule has 1 saturated carbocycles. The molecular formula is C47H52FN11O5. The second-order valence-electron chi connectivity index (χ2n) is 18.0. The molecule has 6 heterocycles. The van der Waals surface area contributed by atoms with Crippen LogP contribution in [0.2, 0.25) is 0 Å². The number of piperidine rings is 1. The molecule has 3 N–H and O–H groups in total. The Kier molecular flexibility index (Phi) is 10.7. The summed E-state index contributed by atoms with van der Waals surface area (Å²) >= 11 is 0. The number of hydrogen-bond donors (Lipinski definition) is 3. The summed E-state index contributed by atoms with van der Waals surface area (Å²) in [7, 11) is 1.68. The van der Waals surface area contributed by atoms with Crippen molar-refractivity contribution in [2.24, 2.45) is 5.92 Å². The van der Waals surface area contributed by atoms with Crippen LogP contribution in [0, 0.1) is 18.7 Å². The van der Waals surface area contributed by atoms with Crippen molar-refractivity contribution in [3.05, 3.63) is 83.5 Å². The Morgan fingerprint density at radius 1 is 0.984 bits per heavy atom. The van der Waals surface area contributed by atoms with Crippen LogP contribution in [0.25, 0.3) is 33.2 Å². The third-order valence-corrected chi connectivity index (χ3v) is 13.7. The monoisotopic (exact) mass is 869 g/mol. The van der Waals surface area contributed by atoms with Gasteiger partial charge in [-0.3, -0.25) is 24.7 Å². The number of halogens is 1. The van der Waals surface area contributed by atoms with E-state index >= 15 is 4.39 Å². The Hall–Kier alpha value is -6.62. The molecule has 0 bridgehead atoms. The third kappa shape index (κ3) is 7.86. The van der Waals surface area contributed by atoms with Gasteiger partial charge in [0.1, 0.15) is 23.5 Å². The van der Waals surface area contributed by atoms with Crippen LogP contribution in [-0.2, 0) is 10.2 Å². The van der Waals surface area contributed by atoms with Gasteiger partial charge in [0.25, 0.3) is 0 Å². The number of rotatable bonds is 11. The van der Waals surface area contributed by atoms with Gasteiger partial charge in [0.05, 0.1) is 35.4 Å². The van der Waals surface area contributed by atoms with E-state index < -0.39 is 17.8 Å². The molecule has 3 aliphatic heterocycles. The molecule has 0 spiro atoms. The van der Waals surface area contributed by atoms with Crippen molar-refractivity contribution >= 4 is 56.8 Å². The number of benzene rings is 3. The van der Waals surface area contributed by atoms with E-state index in [1.54, 1.807) is 25.0 Å². The first-order valence-electron chi connectivity index (χ1n) is 22.2. The van der Waals surface area contributed by atoms with Crippen LogP contribution in [0.15, 0.2) is 59.4 Å². The van der Waals surface area contributed by atoms with Crippen LogP contribution >= 0.6 is 0 Å². The summed E-state index contributed by atoms with van der Waals surface area (Å²) in [6.07, 6.45) is 5.89. The van der Waals surface area contributed by atoms with Crippen molar-refractivity contribution in [1.82, 2.24) is 40.6 Å². The fraction of sp³-hybridized carbons (Fsp3) is 0.426. The van der Waals surface area contributed by atoms with Gasteiger partial charge >= 0.3 is 17.8 Å². The smallest absolute Gasteiger partial charge is 0.328 e. The Bertz CT molecular complexity index is 2770. The van der Waals surface area contributed by atoms with E-state index in [-0.39, 0.29) is 23.2 Å². The first-order valence-corrected chi connectivity index (χ1v) is 22.2. The van der Waals surface area contributed by atoms with E-state index in [4.69, 9.17) is 9.26 Å². The molecule has 3 saturated heterocycles. The van der Waals surface area contributed by atoms with Crippen molar-refractivity contribution in [3.8, 4) is 17.0 Å². The number of nitrogens with zero attached hydrogens (tertiary/aromatic N) is 8. The van der Waals surface area contributed by atoms with E-state index in [1.165, 1.54) is 12.4 Å². The number of anilines is 3. The minimum Gasteiger partial charge on any atom is -0.495 e. The fourth-order valence-electron chi connectivity index (χ4n) is 9.57. The topological polar surface area (TPSA) is 178 Å². The lowest BCUT2D eigenvalue weighted by Crippen LogP contribution is -2.49. The lowest BCUT2D eigenvalue weighted by atomic mass is 9.95. The van der Waals surface area contributed by atoms with Crippen LogP contribution in [0.1, 0.15) is 79.6 Å². The number of carbonyl (C=O) groups is 3. The predicted octanol–water partition coefficient (Wildman–Crippen LogP) is 6.64. The van der Waals surface area contributed by atoms with Crippen LogP contribution in [-0.4, -0.2) is 107 Å². The molecule has 4 aliphatic rings. The number of aryl methyl sites for hydroxylation is 1. The minimum atomic E-state index is -0.533. The van der Waals surface area contributed by atoms with Crippen molar-refractivity contribution < 1.29 is 28.0 Å². The normalized spacial score (nSPS) is 18.7. The van der Waals surface area contributed by atoms with E-state index in [0.29, 0.717) is 52.6 Å². The molecule has 10 rings (SSSR count). The van der Waals surface area contributed by atoms with Gasteiger partial charge < -0.3 is 29.4 Å². The standard InChI is InChI=1S/C47H52FN11O5/c1-27-21-33(35(48)22-32(27)28(2)51-43(61)44-54-45(55-64-44)47(3)12-13-47)41-40-34-23-38(63-4)37(24-36(34)52-42(40)50-26-49-41)58-19-17-56(18-20-58)25-29-9-14-57(15-10-29)30-5-7-31(8-6-30)59-16-11-39(60)53-46(59)62/h5-8,21-24,26,28-29H,9-20,25H2,1-4H3,(H,51,61)(H,49,50,52)(H,53,60,62). The van der Waals surface area contributed by atoms with Gasteiger partial charge in [-0.2, -0.15) is 4.98 Å². The summed E-state index contributed by atoms with van der Waals surface area (Å²) in [5.74, 6) is 0.561. The zero-order valence-corrected chi connectivity index (χ0v) is 36.5. The number of H-pyrrole nitrogens is 1. The van der Waals surface area contributed by atoms with Crippen molar-refractivity contribution in [2.45, 2.75) is 64.3 Å². The molecule has 4 amide bonds. The summed E-state index contributed by atoms with van der Waals surface area (Å²) < 4.78 is 27.5. The lowest BCUT2D eigenvalue weighted by molar-refractivity contribution is -0.120. The molecule has 1 unspecified atom stereocenters. The first kappa shape index (κ1) is 41.4. The van der Waals surface area contributed by atoms with Gasteiger partial charge in [0.2, 0.25) is 5.91 Å². The third-order valence-electron chi connectivity index (χ3n) is 13.7. The highest BCUT2D eigenvalue weighted by Gasteiger charge is 2.44. The molecule has 16 nitrogen and oxygen atoms in total. The molecule has 1 atom stereocenters. The van der Waals surface area contributed by atoms with Gasteiger partial charge in [-0.05, 0) is 105 Å². The number of aromatic amines is 1. The molecule has 6 aromatic rings. The molecule has 0 radical (unpaired) electrons. The summed E-state index contributed by atoms with van der Waals surface area (Å²) in [6, 6.07) is 14.5. The average Bonchev–Trinajstić information content (AvgIpc) is 3.66. The maximum Gasteiger partial charge on any atom is 0.328 e. The van der Waals surface area contributed by atoms with E-state index in [0.717, 1.165) is 111 Å². The quantitative estimate of drug-likeness (QED) is 0.127. The van der Waals surface area contributed by atoms with Crippen LogP contribution in [0.4, 0.5) is 26.2 Å². The van der Waals surface area contributed by atoms with E-state index in [2.05, 4.69) is 68.6 Å². The maximum atomic E-state index is 16.2. The molecular weight excluding hydrogens is 818 g/mol. The van der Waals surface area contributed by atoms with Crippen molar-refractivity contribution in [1.29, 1.82) is 0 Å². The van der Waals surface area contributed by atoms with E-state index in [9.17, 15) is 14.4 Å². The summed E-state index contributed by atoms with van der Waals surface area (Å²) in [5, 5.41) is 10.8. The average molecular weight is 870 g/mol. The molecule has 1 aliphatic carbocycles. The lowest BCUT2D eigenvalue weighted by Gasteiger charge is -2.40. The Balaban J connectivity index is 0.784. The number of nitrogens with one attached hydrogen (secondary N) is 3. The van der Waals surface area contributed by atoms with Gasteiger partial charge in [-0.25, -0.2) is 19.2 Å². The molecule has 3 aromatic carbocycles. The number of ether oxygens (including phenoxy) is 1. The zero-order valence-electron chi connectivity index (χ0n) is 36.5. The summed E-state index contributed by atoms with van der Waals surface area (Å²) in [6.45, 7) is 12.7. The molecule has 332 valence electrons. The van der Waals surface area contributed by atoms with Gasteiger partial charge in [-0.15, -0.1) is 0 Å². The molecule has 4 fully saturated rings. The second kappa shape index (κ2) is 16.5. The largest absolute Gasteiger partial charge is 0.495 e. The maximum absolute atomic E-state index is 16.2. The van der Waals surface area contributed by atoms with Crippen molar-refractivity contribution in [2.75, 3.05) is 74.2 Å². The highest BCUT2D eigenvalue weighted by atomic mass is 19.1. The van der Waals surface area contributed by atoms with E-state index in [1.807, 2.05) is 32.0 Å². The van der Waals surface area contributed by atoms with Gasteiger partial charge in [0.15, 0.2) is 5.82 Å². The molecule has 64 heavy (non-hydrogen) atoms. The highest BCUT2D eigenvalue weighted by molar-refractivity contribution is 6.13. The van der Waals surface area contributed by atoms with Crippen LogP contribution in [0.5, 0.6) is 5.75 Å². The van der Waals surface area contributed by atoms with Gasteiger partial charge in [-0.1, -0.05) is 12.1 Å². The highest BCUT2D eigenvalue weighted by Crippen LogP contribution is 2.46. The SMILES string of the molecule is COc1cc2c(cc1N1CCN(CC3CCN(c4ccc(N5CCC(=O)NC5=O)cc4)CC3)CC1)[nH]c1ncnc(-c3cc(C)c(C(C)NC(=O)c4nc(C5(C)CC5)no4)cc3F)c12. The Labute approximate surface area is 369 Å².